The van der Waals surface area contributed by atoms with Gasteiger partial charge in [-0.15, -0.1) is 0 Å². The van der Waals surface area contributed by atoms with Crippen LogP contribution in [-0.4, -0.2) is 49.4 Å². The molecule has 1 aliphatic heterocycles. The summed E-state index contributed by atoms with van der Waals surface area (Å²) in [5.41, 5.74) is 0.0179. The lowest BCUT2D eigenvalue weighted by molar-refractivity contribution is -0.159. The summed E-state index contributed by atoms with van der Waals surface area (Å²) in [6, 6.07) is 0.637. The Morgan fingerprint density at radius 2 is 1.88 bits per heavy atom. The normalized spacial score (nSPS) is 48.3. The molecule has 0 aromatic rings. The lowest BCUT2D eigenvalue weighted by Crippen LogP contribution is -2.64. The maximum atomic E-state index is 13.1. The molecule has 3 aliphatic carbocycles. The Morgan fingerprint density at radius 3 is 2.62 bits per heavy atom. The highest BCUT2D eigenvalue weighted by atomic mass is 16.2. The van der Waals surface area contributed by atoms with Crippen LogP contribution < -0.4 is 10.6 Å². The van der Waals surface area contributed by atoms with Gasteiger partial charge in [-0.2, -0.15) is 0 Å². The predicted octanol–water partition coefficient (Wildman–Crippen LogP) is 2.80. The molecule has 4 aliphatic rings. The van der Waals surface area contributed by atoms with Crippen LogP contribution in [0.3, 0.4) is 0 Å². The fourth-order valence-electron chi connectivity index (χ4n) is 7.57. The maximum Gasteiger partial charge on any atom is 0.314 e. The van der Waals surface area contributed by atoms with Crippen molar-refractivity contribution < 1.29 is 9.59 Å². The Kier molecular flexibility index (Phi) is 4.37. The number of carbonyl (C=O) groups is 2. The molecule has 146 valence electrons. The van der Waals surface area contributed by atoms with Gasteiger partial charge in [-0.1, -0.05) is 13.8 Å². The van der Waals surface area contributed by atoms with E-state index in [1.807, 2.05) is 0 Å². The molecule has 0 radical (unpaired) electrons. The van der Waals surface area contributed by atoms with E-state index in [-0.39, 0.29) is 22.9 Å². The Balaban J connectivity index is 1.60. The molecular formula is C21H35N3O2. The minimum Gasteiger partial charge on any atom is -0.341 e. The molecule has 2 amide bonds. The maximum absolute atomic E-state index is 13.1. The SMILES string of the molecule is CNC(=O)NC1CC[C@H]2[C@@H]3CCC4N(C)CCC(=O)[C@]4(C)[C@@H]3CC[C@]12C. The van der Waals surface area contributed by atoms with Gasteiger partial charge < -0.3 is 15.5 Å². The predicted molar refractivity (Wildman–Crippen MR) is 102 cm³/mol. The van der Waals surface area contributed by atoms with Crippen LogP contribution in [0.25, 0.3) is 0 Å². The summed E-state index contributed by atoms with van der Waals surface area (Å²) >= 11 is 0. The van der Waals surface area contributed by atoms with Gasteiger partial charge in [0.05, 0.1) is 0 Å². The molecule has 0 aromatic carbocycles. The van der Waals surface area contributed by atoms with Gasteiger partial charge in [-0.25, -0.2) is 4.79 Å². The summed E-state index contributed by atoms with van der Waals surface area (Å²) < 4.78 is 0. The van der Waals surface area contributed by atoms with E-state index in [1.54, 1.807) is 7.05 Å². The van der Waals surface area contributed by atoms with E-state index in [9.17, 15) is 9.59 Å². The number of ketones is 1. The zero-order valence-corrected chi connectivity index (χ0v) is 16.8. The number of carbonyl (C=O) groups excluding carboxylic acids is 2. The molecule has 0 spiro atoms. The summed E-state index contributed by atoms with van der Waals surface area (Å²) in [5.74, 6) is 2.31. The number of piperidine rings is 1. The first-order chi connectivity index (χ1) is 12.3. The highest BCUT2D eigenvalue weighted by Crippen LogP contribution is 2.63. The van der Waals surface area contributed by atoms with E-state index < -0.39 is 0 Å². The van der Waals surface area contributed by atoms with Crippen molar-refractivity contribution in [3.8, 4) is 0 Å². The molecule has 7 atom stereocenters. The van der Waals surface area contributed by atoms with E-state index >= 15 is 0 Å². The molecule has 2 unspecified atom stereocenters. The topological polar surface area (TPSA) is 61.4 Å². The molecule has 4 fully saturated rings. The van der Waals surface area contributed by atoms with E-state index in [1.165, 1.54) is 12.8 Å². The number of nitrogens with zero attached hydrogens (tertiary/aromatic N) is 1. The second kappa shape index (κ2) is 6.22. The lowest BCUT2D eigenvalue weighted by Gasteiger charge is -2.61. The van der Waals surface area contributed by atoms with Gasteiger partial charge in [0, 0.05) is 37.5 Å². The summed E-state index contributed by atoms with van der Waals surface area (Å²) in [5, 5.41) is 5.93. The van der Waals surface area contributed by atoms with Crippen LogP contribution in [0.4, 0.5) is 4.79 Å². The number of likely N-dealkylation sites (tertiary alicyclic amines) is 1. The molecule has 5 nitrogen and oxygen atoms in total. The zero-order valence-electron chi connectivity index (χ0n) is 16.8. The third-order valence-electron chi connectivity index (χ3n) is 9.03. The van der Waals surface area contributed by atoms with Gasteiger partial charge in [0.1, 0.15) is 5.78 Å². The molecule has 0 bridgehead atoms. The molecule has 0 aromatic heterocycles. The van der Waals surface area contributed by atoms with Crippen molar-refractivity contribution in [3.05, 3.63) is 0 Å². The van der Waals surface area contributed by atoms with Crippen molar-refractivity contribution >= 4 is 11.8 Å². The average molecular weight is 362 g/mol. The fraction of sp³-hybridized carbons (Fsp3) is 0.905. The Morgan fingerprint density at radius 1 is 1.12 bits per heavy atom. The Labute approximate surface area is 157 Å². The van der Waals surface area contributed by atoms with Crippen LogP contribution in [0.2, 0.25) is 0 Å². The minimum atomic E-state index is -0.163. The third-order valence-corrected chi connectivity index (χ3v) is 9.03. The number of nitrogens with one attached hydrogen (secondary N) is 2. The second-order valence-corrected chi connectivity index (χ2v) is 9.80. The monoisotopic (exact) mass is 361 g/mol. The van der Waals surface area contributed by atoms with E-state index in [4.69, 9.17) is 0 Å². The van der Waals surface area contributed by atoms with Gasteiger partial charge in [-0.05, 0) is 68.7 Å². The first-order valence-electron chi connectivity index (χ1n) is 10.5. The van der Waals surface area contributed by atoms with Crippen molar-refractivity contribution in [1.29, 1.82) is 0 Å². The minimum absolute atomic E-state index is 0.0567. The van der Waals surface area contributed by atoms with Crippen molar-refractivity contribution in [2.75, 3.05) is 20.6 Å². The summed E-state index contributed by atoms with van der Waals surface area (Å²) in [6.45, 7) is 5.60. The number of hydrogen-bond acceptors (Lipinski definition) is 3. The van der Waals surface area contributed by atoms with Crippen molar-refractivity contribution in [3.63, 3.8) is 0 Å². The van der Waals surface area contributed by atoms with Crippen molar-refractivity contribution in [2.24, 2.45) is 28.6 Å². The van der Waals surface area contributed by atoms with E-state index in [0.717, 1.165) is 38.6 Å². The number of rotatable bonds is 1. The Hall–Kier alpha value is -1.10. The Bertz CT molecular complexity index is 608. The number of hydrogen-bond donors (Lipinski definition) is 2. The number of amides is 2. The first-order valence-corrected chi connectivity index (χ1v) is 10.5. The highest BCUT2D eigenvalue weighted by Gasteiger charge is 2.62. The molecular weight excluding hydrogens is 326 g/mol. The first kappa shape index (κ1) is 18.3. The fourth-order valence-corrected chi connectivity index (χ4v) is 7.57. The highest BCUT2D eigenvalue weighted by molar-refractivity contribution is 5.87. The van der Waals surface area contributed by atoms with Gasteiger partial charge in [0.2, 0.25) is 0 Å². The lowest BCUT2D eigenvalue weighted by atomic mass is 9.47. The van der Waals surface area contributed by atoms with Crippen molar-refractivity contribution in [2.45, 2.75) is 70.9 Å². The number of fused-ring (bicyclic) bond motifs is 5. The molecule has 5 heteroatoms. The quantitative estimate of drug-likeness (QED) is 0.755. The molecule has 4 rings (SSSR count). The summed E-state index contributed by atoms with van der Waals surface area (Å²) in [4.78, 5) is 27.4. The van der Waals surface area contributed by atoms with Crippen LogP contribution >= 0.6 is 0 Å². The second-order valence-electron chi connectivity index (χ2n) is 9.80. The molecule has 2 N–H and O–H groups in total. The van der Waals surface area contributed by atoms with Gasteiger partial charge in [-0.3, -0.25) is 4.79 Å². The van der Waals surface area contributed by atoms with E-state index in [2.05, 4.69) is 36.4 Å². The number of Topliss-reactive ketones (excluding diaryl/α,β-unsaturated/α-hetero) is 1. The smallest absolute Gasteiger partial charge is 0.314 e. The van der Waals surface area contributed by atoms with Crippen LogP contribution in [0.1, 0.15) is 58.8 Å². The molecule has 1 heterocycles. The standard InChI is InChI=1S/C21H35N3O2/c1-20-11-9-15-13(14(20)6-7-16(20)23-19(26)22-3)5-8-17-21(15,2)18(25)10-12-24(17)4/h13-17H,5-12H2,1-4H3,(H2,22,23,26)/t13-,14-,15+,16?,17?,20-,21+/m0/s1. The van der Waals surface area contributed by atoms with Gasteiger partial charge in [0.15, 0.2) is 0 Å². The van der Waals surface area contributed by atoms with Crippen LogP contribution in [0, 0.1) is 28.6 Å². The number of urea groups is 1. The third kappa shape index (κ3) is 2.38. The molecule has 3 saturated carbocycles. The van der Waals surface area contributed by atoms with Crippen LogP contribution in [0.5, 0.6) is 0 Å². The largest absolute Gasteiger partial charge is 0.341 e. The summed E-state index contributed by atoms with van der Waals surface area (Å²) in [6.07, 6.45) is 7.65. The molecule has 26 heavy (non-hydrogen) atoms. The van der Waals surface area contributed by atoms with Crippen molar-refractivity contribution in [1.82, 2.24) is 15.5 Å². The average Bonchev–Trinajstić information content (AvgIpc) is 2.95. The van der Waals surface area contributed by atoms with Crippen LogP contribution in [-0.2, 0) is 4.79 Å². The van der Waals surface area contributed by atoms with Gasteiger partial charge in [0.25, 0.3) is 0 Å². The zero-order chi connectivity index (χ0) is 18.7. The van der Waals surface area contributed by atoms with Crippen LogP contribution in [0.15, 0.2) is 0 Å². The van der Waals surface area contributed by atoms with E-state index in [0.29, 0.717) is 29.6 Å². The van der Waals surface area contributed by atoms with Gasteiger partial charge >= 0.3 is 6.03 Å². The summed E-state index contributed by atoms with van der Waals surface area (Å²) in [7, 11) is 3.90. The molecule has 1 saturated heterocycles.